The van der Waals surface area contributed by atoms with Crippen LogP contribution < -0.4 is 4.74 Å². The number of likely N-dealkylation sites (tertiary alicyclic amines) is 1. The molecule has 1 aromatic heterocycles. The zero-order valence-electron chi connectivity index (χ0n) is 15.5. The molecule has 144 valence electrons. The first-order valence-electron chi connectivity index (χ1n) is 9.17. The van der Waals surface area contributed by atoms with Crippen LogP contribution in [0.15, 0.2) is 53.1 Å². The molecule has 6 nitrogen and oxygen atoms in total. The zero-order chi connectivity index (χ0) is 19.5. The molecular weight excluding hydrogens is 361 g/mol. The van der Waals surface area contributed by atoms with E-state index in [1.165, 1.54) is 12.1 Å². The average molecular weight is 381 g/mol. The summed E-state index contributed by atoms with van der Waals surface area (Å²) >= 11 is 0. The van der Waals surface area contributed by atoms with E-state index in [0.717, 1.165) is 12.8 Å². The number of nitrogens with zero attached hydrogens (tertiary/aromatic N) is 3. The highest BCUT2D eigenvalue weighted by Crippen LogP contribution is 2.28. The molecule has 0 bridgehead atoms. The molecule has 2 aromatic carbocycles. The normalized spacial score (nSPS) is 16.8. The molecule has 1 amide bonds. The highest BCUT2D eigenvalue weighted by atomic mass is 19.1. The summed E-state index contributed by atoms with van der Waals surface area (Å²) < 4.78 is 23.7. The Hall–Kier alpha value is -3.22. The Morgan fingerprint density at radius 1 is 1.25 bits per heavy atom. The number of carbonyl (C=O) groups is 1. The summed E-state index contributed by atoms with van der Waals surface area (Å²) in [6, 6.07) is 13.1. The summed E-state index contributed by atoms with van der Waals surface area (Å²) in [5, 5.41) is 4.01. The van der Waals surface area contributed by atoms with Crippen LogP contribution in [0.5, 0.6) is 5.75 Å². The Morgan fingerprint density at radius 3 is 2.86 bits per heavy atom. The summed E-state index contributed by atoms with van der Waals surface area (Å²) in [5.41, 5.74) is 1.29. The van der Waals surface area contributed by atoms with Gasteiger partial charge < -0.3 is 14.2 Å². The Kier molecular flexibility index (Phi) is 5.06. The van der Waals surface area contributed by atoms with Crippen molar-refractivity contribution in [2.75, 3.05) is 20.2 Å². The Balaban J connectivity index is 1.49. The lowest BCUT2D eigenvalue weighted by atomic mass is 9.97. The predicted octanol–water partition coefficient (Wildman–Crippen LogP) is 3.90. The van der Waals surface area contributed by atoms with E-state index in [-0.39, 0.29) is 17.6 Å². The van der Waals surface area contributed by atoms with E-state index in [2.05, 4.69) is 10.1 Å². The van der Waals surface area contributed by atoms with E-state index in [9.17, 15) is 9.18 Å². The number of rotatable bonds is 4. The van der Waals surface area contributed by atoms with Gasteiger partial charge in [-0.25, -0.2) is 4.39 Å². The number of benzene rings is 2. The van der Waals surface area contributed by atoms with Gasteiger partial charge in [-0.15, -0.1) is 0 Å². The third-order valence-corrected chi connectivity index (χ3v) is 4.92. The molecule has 0 aliphatic carbocycles. The van der Waals surface area contributed by atoms with Gasteiger partial charge in [-0.1, -0.05) is 11.2 Å². The van der Waals surface area contributed by atoms with Crippen molar-refractivity contribution in [3.05, 3.63) is 65.8 Å². The van der Waals surface area contributed by atoms with Crippen LogP contribution in [0.3, 0.4) is 0 Å². The number of ether oxygens (including phenoxy) is 1. The number of hydrogen-bond donors (Lipinski definition) is 0. The van der Waals surface area contributed by atoms with Gasteiger partial charge in [-0.3, -0.25) is 4.79 Å². The summed E-state index contributed by atoms with van der Waals surface area (Å²) in [7, 11) is 1.58. The van der Waals surface area contributed by atoms with E-state index in [4.69, 9.17) is 9.26 Å². The third-order valence-electron chi connectivity index (χ3n) is 4.92. The Labute approximate surface area is 161 Å². The van der Waals surface area contributed by atoms with Crippen LogP contribution in [0.2, 0.25) is 0 Å². The van der Waals surface area contributed by atoms with E-state index >= 15 is 0 Å². The number of carbonyl (C=O) groups excluding carboxylic acids is 1. The van der Waals surface area contributed by atoms with Crippen molar-refractivity contribution in [2.45, 2.75) is 18.8 Å². The number of halogens is 1. The average Bonchev–Trinajstić information content (AvgIpc) is 3.24. The van der Waals surface area contributed by atoms with E-state index in [1.54, 1.807) is 37.4 Å². The SMILES string of the molecule is COc1cccc(C(=O)N2CCCC(c3nc(-c4ccc(F)cc4)no3)C2)c1. The summed E-state index contributed by atoms with van der Waals surface area (Å²) in [4.78, 5) is 19.2. The topological polar surface area (TPSA) is 68.5 Å². The van der Waals surface area contributed by atoms with Crippen LogP contribution in [-0.4, -0.2) is 41.1 Å². The van der Waals surface area contributed by atoms with Crippen molar-refractivity contribution in [2.24, 2.45) is 0 Å². The van der Waals surface area contributed by atoms with Gasteiger partial charge in [-0.05, 0) is 55.3 Å². The van der Waals surface area contributed by atoms with Crippen molar-refractivity contribution in [3.8, 4) is 17.1 Å². The summed E-state index contributed by atoms with van der Waals surface area (Å²) in [6.45, 7) is 1.20. The zero-order valence-corrected chi connectivity index (χ0v) is 15.5. The molecule has 4 rings (SSSR count). The largest absolute Gasteiger partial charge is 0.497 e. The molecule has 1 aliphatic rings. The lowest BCUT2D eigenvalue weighted by Gasteiger charge is -2.31. The minimum Gasteiger partial charge on any atom is -0.497 e. The van der Waals surface area contributed by atoms with Crippen LogP contribution in [0, 0.1) is 5.82 Å². The van der Waals surface area contributed by atoms with Gasteiger partial charge in [0.15, 0.2) is 0 Å². The third kappa shape index (κ3) is 3.74. The standard InChI is InChI=1S/C21H20FN3O3/c1-27-18-6-2-4-15(12-18)21(26)25-11-3-5-16(13-25)20-23-19(24-28-20)14-7-9-17(22)10-8-14/h2,4,6-10,12,16H,3,5,11,13H2,1H3. The van der Waals surface area contributed by atoms with Gasteiger partial charge >= 0.3 is 0 Å². The van der Waals surface area contributed by atoms with Crippen LogP contribution in [0.25, 0.3) is 11.4 Å². The van der Waals surface area contributed by atoms with Crippen molar-refractivity contribution >= 4 is 5.91 Å². The van der Waals surface area contributed by atoms with Gasteiger partial charge in [0.25, 0.3) is 5.91 Å². The van der Waals surface area contributed by atoms with Gasteiger partial charge in [-0.2, -0.15) is 4.98 Å². The quantitative estimate of drug-likeness (QED) is 0.686. The maximum absolute atomic E-state index is 13.1. The maximum Gasteiger partial charge on any atom is 0.254 e. The first-order chi connectivity index (χ1) is 13.6. The minimum atomic E-state index is -0.313. The second-order valence-corrected chi connectivity index (χ2v) is 6.79. The summed E-state index contributed by atoms with van der Waals surface area (Å²) in [6.07, 6.45) is 1.72. The number of amides is 1. The van der Waals surface area contributed by atoms with E-state index < -0.39 is 0 Å². The molecule has 3 aromatic rings. The fraction of sp³-hybridized carbons (Fsp3) is 0.286. The Bertz CT molecular complexity index is 971. The van der Waals surface area contributed by atoms with E-state index in [0.29, 0.717) is 41.7 Å². The molecule has 28 heavy (non-hydrogen) atoms. The lowest BCUT2D eigenvalue weighted by Crippen LogP contribution is -2.39. The molecule has 1 atom stereocenters. The predicted molar refractivity (Wildman–Crippen MR) is 101 cm³/mol. The first-order valence-corrected chi connectivity index (χ1v) is 9.17. The number of methoxy groups -OCH3 is 1. The van der Waals surface area contributed by atoms with Gasteiger partial charge in [0.1, 0.15) is 11.6 Å². The Morgan fingerprint density at radius 2 is 2.07 bits per heavy atom. The van der Waals surface area contributed by atoms with Crippen molar-refractivity contribution in [1.29, 1.82) is 0 Å². The van der Waals surface area contributed by atoms with Crippen LogP contribution in [0.1, 0.15) is 35.0 Å². The highest BCUT2D eigenvalue weighted by molar-refractivity contribution is 5.94. The highest BCUT2D eigenvalue weighted by Gasteiger charge is 2.29. The first kappa shape index (κ1) is 18.2. The van der Waals surface area contributed by atoms with Gasteiger partial charge in [0, 0.05) is 24.2 Å². The smallest absolute Gasteiger partial charge is 0.254 e. The second-order valence-electron chi connectivity index (χ2n) is 6.79. The second kappa shape index (κ2) is 7.80. The fourth-order valence-electron chi connectivity index (χ4n) is 3.42. The number of aromatic nitrogens is 2. The molecule has 1 fully saturated rings. The molecule has 0 radical (unpaired) electrons. The molecule has 1 aliphatic heterocycles. The van der Waals surface area contributed by atoms with Crippen LogP contribution in [0.4, 0.5) is 4.39 Å². The molecule has 2 heterocycles. The molecule has 7 heteroatoms. The van der Waals surface area contributed by atoms with Crippen LogP contribution in [-0.2, 0) is 0 Å². The fourth-order valence-corrected chi connectivity index (χ4v) is 3.42. The van der Waals surface area contributed by atoms with Crippen LogP contribution >= 0.6 is 0 Å². The molecule has 1 saturated heterocycles. The van der Waals surface area contributed by atoms with Gasteiger partial charge in [0.05, 0.1) is 13.0 Å². The van der Waals surface area contributed by atoms with Crippen molar-refractivity contribution in [1.82, 2.24) is 15.0 Å². The number of piperidine rings is 1. The molecule has 0 spiro atoms. The molecule has 0 N–H and O–H groups in total. The molecule has 1 unspecified atom stereocenters. The number of hydrogen-bond acceptors (Lipinski definition) is 5. The maximum atomic E-state index is 13.1. The monoisotopic (exact) mass is 381 g/mol. The molecular formula is C21H20FN3O3. The van der Waals surface area contributed by atoms with Crippen molar-refractivity contribution < 1.29 is 18.4 Å². The van der Waals surface area contributed by atoms with Gasteiger partial charge in [0.2, 0.25) is 11.7 Å². The summed E-state index contributed by atoms with van der Waals surface area (Å²) in [5.74, 6) is 1.20. The van der Waals surface area contributed by atoms with Crippen molar-refractivity contribution in [3.63, 3.8) is 0 Å². The lowest BCUT2D eigenvalue weighted by molar-refractivity contribution is 0.0695. The minimum absolute atomic E-state index is 0.0231. The molecule has 0 saturated carbocycles. The van der Waals surface area contributed by atoms with E-state index in [1.807, 2.05) is 11.0 Å².